The van der Waals surface area contributed by atoms with E-state index in [1.54, 1.807) is 0 Å². The van der Waals surface area contributed by atoms with E-state index in [9.17, 15) is 77.1 Å². The van der Waals surface area contributed by atoms with Crippen molar-refractivity contribution in [3.63, 3.8) is 0 Å². The number of unbranched alkanes of at least 4 members (excludes halogenated alkanes) is 2. The molecule has 29 heteroatoms. The quantitative estimate of drug-likeness (QED) is 0.00685. The van der Waals surface area contributed by atoms with E-state index in [-0.39, 0.29) is 77.9 Å². The van der Waals surface area contributed by atoms with E-state index in [2.05, 4.69) is 30.7 Å². The van der Waals surface area contributed by atoms with Gasteiger partial charge in [-0.3, -0.25) is 28.8 Å². The standard InChI is InChI=1S/C21H22F3N5O3.C20H27F3N2O3.C19H23F5N2O3/c1-12-9-15(22)19(24)20(18(12)23)32-11-17(30)16(7-2-3-8-25)27-21(31)13-5-4-6-14(10-13)28-29-26;1-12-10-14(21)18(23)19(17(12)22)28-11-16(26)15(8-4-5-9-24)25-20(27)13-6-2-3-7-13;20-11(8-25)5-6-14(26-19(28)10-3-1-2-4-10)15(27)9-29-18-16(23)12(21)7-13(22)17(18)24/h4-6,9-10,16H,2-3,7-8,11,25H2,1H3,(H,27,31);10,13,15H,2-9,11,24H2,1H3,(H,25,27);7,10-11,14H,1-6,8-9,25H2,(H,26,28)/t16-;15-;11?,14-/m000/s1. The number of halogens is 11. The zero-order valence-corrected chi connectivity index (χ0v) is 49.0. The molecule has 0 aliphatic heterocycles. The van der Waals surface area contributed by atoms with Gasteiger partial charge >= 0.3 is 0 Å². The Hall–Kier alpha value is -7.88. The molecule has 2 fully saturated rings. The Balaban J connectivity index is 0.000000286. The molecule has 0 saturated heterocycles. The molecule has 4 aromatic carbocycles. The summed E-state index contributed by atoms with van der Waals surface area (Å²) in [4.78, 5) is 77.5. The van der Waals surface area contributed by atoms with Crippen LogP contribution in [0.5, 0.6) is 17.2 Å². The van der Waals surface area contributed by atoms with Gasteiger partial charge in [0.25, 0.3) is 5.91 Å². The van der Waals surface area contributed by atoms with Gasteiger partial charge in [-0.05, 0) is 145 Å². The normalized spacial score (nSPS) is 14.3. The fourth-order valence-corrected chi connectivity index (χ4v) is 9.41. The van der Waals surface area contributed by atoms with Crippen molar-refractivity contribution < 1.29 is 91.3 Å². The van der Waals surface area contributed by atoms with Crippen LogP contribution in [-0.4, -0.2) is 98.8 Å². The number of hydrogen-bond donors (Lipinski definition) is 6. The molecule has 6 rings (SSSR count). The second-order valence-corrected chi connectivity index (χ2v) is 21.2. The first-order chi connectivity index (χ1) is 42.4. The molecule has 18 nitrogen and oxygen atoms in total. The van der Waals surface area contributed by atoms with Gasteiger partial charge in [-0.15, -0.1) is 0 Å². The van der Waals surface area contributed by atoms with Gasteiger partial charge in [-0.25, -0.2) is 30.7 Å². The highest BCUT2D eigenvalue weighted by molar-refractivity contribution is 5.99. The average molecular weight is 1270 g/mol. The molecule has 2 aliphatic rings. The number of carbonyl (C=O) groups is 6. The Morgan fingerprint density at radius 3 is 1.31 bits per heavy atom. The minimum absolute atomic E-state index is 0.0121. The topological polar surface area (TPSA) is 293 Å². The fraction of sp³-hybridized carbons (Fsp3) is 0.500. The average Bonchev–Trinajstić information content (AvgIpc) is 4.34. The zero-order chi connectivity index (χ0) is 65.9. The lowest BCUT2D eigenvalue weighted by atomic mass is 10.0. The Bertz CT molecular complexity index is 3050. The Morgan fingerprint density at radius 1 is 0.539 bits per heavy atom. The summed E-state index contributed by atoms with van der Waals surface area (Å²) in [5.41, 5.74) is 24.7. The van der Waals surface area contributed by atoms with Crippen LogP contribution in [0.25, 0.3) is 10.4 Å². The van der Waals surface area contributed by atoms with Crippen molar-refractivity contribution >= 4 is 40.8 Å². The van der Waals surface area contributed by atoms with Crippen LogP contribution in [0.2, 0.25) is 0 Å². The van der Waals surface area contributed by atoms with Crippen molar-refractivity contribution in [2.45, 2.75) is 141 Å². The number of nitrogens with one attached hydrogen (secondary N) is 3. The maximum atomic E-state index is 14.1. The molecule has 89 heavy (non-hydrogen) atoms. The second-order valence-electron chi connectivity index (χ2n) is 21.2. The maximum absolute atomic E-state index is 14.1. The van der Waals surface area contributed by atoms with Crippen molar-refractivity contribution in [1.29, 1.82) is 0 Å². The Kier molecular flexibility index (Phi) is 30.8. The van der Waals surface area contributed by atoms with Crippen LogP contribution >= 0.6 is 0 Å². The van der Waals surface area contributed by atoms with Crippen LogP contribution < -0.4 is 47.4 Å². The number of ether oxygens (including phenoxy) is 3. The second kappa shape index (κ2) is 37.2. The molecule has 3 amide bonds. The van der Waals surface area contributed by atoms with E-state index >= 15 is 0 Å². The van der Waals surface area contributed by atoms with Gasteiger partial charge in [0.1, 0.15) is 26.0 Å². The van der Waals surface area contributed by atoms with Crippen molar-refractivity contribution in [2.75, 3.05) is 39.5 Å². The number of azide groups is 1. The van der Waals surface area contributed by atoms with Gasteiger partial charge in [0, 0.05) is 40.6 Å². The maximum Gasteiger partial charge on any atom is 0.251 e. The van der Waals surface area contributed by atoms with E-state index in [1.165, 1.54) is 38.1 Å². The van der Waals surface area contributed by atoms with Gasteiger partial charge in [0.15, 0.2) is 69.5 Å². The summed E-state index contributed by atoms with van der Waals surface area (Å²) in [6, 6.07) is 4.16. The van der Waals surface area contributed by atoms with Gasteiger partial charge in [-0.1, -0.05) is 42.9 Å². The van der Waals surface area contributed by atoms with Crippen molar-refractivity contribution in [3.05, 3.63) is 128 Å². The summed E-state index contributed by atoms with van der Waals surface area (Å²) in [6.45, 7) is 0.624. The molecule has 0 heterocycles. The summed E-state index contributed by atoms with van der Waals surface area (Å²) in [5, 5.41) is 11.2. The minimum atomic E-state index is -1.78. The number of carbonyl (C=O) groups excluding carboxylic acids is 6. The van der Waals surface area contributed by atoms with Gasteiger partial charge < -0.3 is 47.4 Å². The largest absolute Gasteiger partial charge is 0.480 e. The number of rotatable bonds is 31. The number of benzene rings is 4. The van der Waals surface area contributed by atoms with E-state index in [4.69, 9.17) is 32.2 Å². The summed E-state index contributed by atoms with van der Waals surface area (Å²) >= 11 is 0. The Morgan fingerprint density at radius 2 is 0.921 bits per heavy atom. The van der Waals surface area contributed by atoms with E-state index in [1.807, 2.05) is 0 Å². The third kappa shape index (κ3) is 22.6. The highest BCUT2D eigenvalue weighted by Crippen LogP contribution is 2.31. The SMILES string of the molecule is Cc1cc(F)c(F)c(OCC(=O)[C@H](CCCCN)NC(=O)C2CCCC2)c1F.Cc1cc(F)c(F)c(OCC(=O)[C@H](CCCCN)NC(=O)c2cccc(N=[N+]=[N-])c2)c1F.NCC(F)CC[C@H](NC(=O)C1CCCC1)C(=O)COc1c(F)c(F)cc(F)c1F. The predicted molar refractivity (Wildman–Crippen MR) is 303 cm³/mol. The summed E-state index contributed by atoms with van der Waals surface area (Å²) in [5.74, 6) is -21.6. The third-order valence-corrected chi connectivity index (χ3v) is 14.5. The van der Waals surface area contributed by atoms with E-state index < -0.39 is 143 Å². The molecule has 9 N–H and O–H groups in total. The van der Waals surface area contributed by atoms with Gasteiger partial charge in [-0.2, -0.15) is 17.6 Å². The first-order valence-corrected chi connectivity index (χ1v) is 28.8. The van der Waals surface area contributed by atoms with Crippen LogP contribution in [0.15, 0.2) is 47.6 Å². The zero-order valence-electron chi connectivity index (χ0n) is 49.0. The first-order valence-electron chi connectivity index (χ1n) is 28.8. The number of nitrogens with two attached hydrogens (primary N) is 3. The highest BCUT2D eigenvalue weighted by atomic mass is 19.2. The number of aryl methyl sites for hydroxylation is 2. The number of nitrogens with zero attached hydrogens (tertiary/aromatic N) is 3. The number of ketones is 3. The molecular formula is C60H72F11N9O9. The molecule has 2 aliphatic carbocycles. The van der Waals surface area contributed by atoms with Gasteiger partial charge in [0.05, 0.1) is 18.1 Å². The lowest BCUT2D eigenvalue weighted by Crippen LogP contribution is -2.45. The predicted octanol–water partition coefficient (Wildman–Crippen LogP) is 10.3. The summed E-state index contributed by atoms with van der Waals surface area (Å²) < 4.78 is 165. The lowest BCUT2D eigenvalue weighted by Gasteiger charge is -2.21. The monoisotopic (exact) mass is 1270 g/mol. The number of alkyl halides is 1. The van der Waals surface area contributed by atoms with Crippen LogP contribution in [-0.2, 0) is 24.0 Å². The van der Waals surface area contributed by atoms with Crippen LogP contribution in [0.3, 0.4) is 0 Å². The number of Topliss-reactive ketones (excluding diaryl/α,β-unsaturated/α-hetero) is 3. The lowest BCUT2D eigenvalue weighted by molar-refractivity contribution is -0.131. The highest BCUT2D eigenvalue weighted by Gasteiger charge is 2.32. The molecule has 2 saturated carbocycles. The first kappa shape index (κ1) is 73.6. The smallest absolute Gasteiger partial charge is 0.251 e. The molecule has 4 atom stereocenters. The van der Waals surface area contributed by atoms with Crippen molar-refractivity contribution in [2.24, 2.45) is 34.2 Å². The molecule has 1 unspecified atom stereocenters. The molecule has 0 spiro atoms. The van der Waals surface area contributed by atoms with Crippen LogP contribution in [0.4, 0.5) is 54.0 Å². The molecule has 4 aromatic rings. The molecule has 0 aromatic heterocycles. The molecule has 0 radical (unpaired) electrons. The van der Waals surface area contributed by atoms with Crippen LogP contribution in [0.1, 0.15) is 124 Å². The fourth-order valence-electron chi connectivity index (χ4n) is 9.41. The van der Waals surface area contributed by atoms with Crippen LogP contribution in [0, 0.1) is 83.9 Å². The number of hydrogen-bond acceptors (Lipinski definition) is 13. The molecular weight excluding hydrogens is 1200 g/mol. The minimum Gasteiger partial charge on any atom is -0.480 e. The molecule has 0 bridgehead atoms. The van der Waals surface area contributed by atoms with Crippen molar-refractivity contribution in [3.8, 4) is 17.2 Å². The summed E-state index contributed by atoms with van der Waals surface area (Å²) in [7, 11) is 0. The van der Waals surface area contributed by atoms with E-state index in [0.29, 0.717) is 64.1 Å². The third-order valence-electron chi connectivity index (χ3n) is 14.5. The summed E-state index contributed by atoms with van der Waals surface area (Å²) in [6.07, 6.45) is 7.88. The van der Waals surface area contributed by atoms with E-state index in [0.717, 1.165) is 44.6 Å². The Labute approximate surface area is 506 Å². The number of amides is 3. The molecule has 488 valence electrons. The van der Waals surface area contributed by atoms with Gasteiger partial charge in [0.2, 0.25) is 35.1 Å². The van der Waals surface area contributed by atoms with Crippen molar-refractivity contribution in [1.82, 2.24) is 16.0 Å².